The number of nitrogens with one attached hydrogen (secondary N) is 1. The van der Waals surface area contributed by atoms with Crippen LogP contribution < -0.4 is 5.32 Å². The SMILES string of the molecule is c1cc2c(c(NCCC3CCCCC3)c1)CCCC2. The van der Waals surface area contributed by atoms with Crippen LogP contribution in [0.15, 0.2) is 18.2 Å². The van der Waals surface area contributed by atoms with Crippen LogP contribution in [0.2, 0.25) is 0 Å². The molecule has 1 N–H and O–H groups in total. The largest absolute Gasteiger partial charge is 0.385 e. The van der Waals surface area contributed by atoms with Crippen molar-refractivity contribution in [3.8, 4) is 0 Å². The summed E-state index contributed by atoms with van der Waals surface area (Å²) >= 11 is 0. The Morgan fingerprint density at radius 3 is 2.68 bits per heavy atom. The second-order valence-electron chi connectivity index (χ2n) is 6.37. The molecule has 19 heavy (non-hydrogen) atoms. The first kappa shape index (κ1) is 13.0. The second kappa shape index (κ2) is 6.45. The van der Waals surface area contributed by atoms with Gasteiger partial charge in [-0.1, -0.05) is 44.2 Å². The highest BCUT2D eigenvalue weighted by atomic mass is 14.9. The molecule has 1 heteroatoms. The quantitative estimate of drug-likeness (QED) is 0.805. The summed E-state index contributed by atoms with van der Waals surface area (Å²) in [7, 11) is 0. The Bertz CT molecular complexity index is 404. The molecule has 0 aromatic heterocycles. The lowest BCUT2D eigenvalue weighted by Crippen LogP contribution is -2.14. The molecule has 0 spiro atoms. The lowest BCUT2D eigenvalue weighted by Gasteiger charge is -2.23. The fourth-order valence-electron chi connectivity index (χ4n) is 3.83. The molecule has 0 radical (unpaired) electrons. The number of hydrogen-bond donors (Lipinski definition) is 1. The van der Waals surface area contributed by atoms with E-state index in [4.69, 9.17) is 0 Å². The van der Waals surface area contributed by atoms with Crippen molar-refractivity contribution in [2.75, 3.05) is 11.9 Å². The van der Waals surface area contributed by atoms with Crippen LogP contribution in [0.5, 0.6) is 0 Å². The van der Waals surface area contributed by atoms with Gasteiger partial charge in [0, 0.05) is 12.2 Å². The topological polar surface area (TPSA) is 12.0 Å². The van der Waals surface area contributed by atoms with Gasteiger partial charge in [0.05, 0.1) is 0 Å². The van der Waals surface area contributed by atoms with Crippen LogP contribution in [0.3, 0.4) is 0 Å². The summed E-state index contributed by atoms with van der Waals surface area (Å²) in [5, 5.41) is 3.72. The first-order valence-corrected chi connectivity index (χ1v) is 8.28. The fraction of sp³-hybridized carbons (Fsp3) is 0.667. The molecule has 0 bridgehead atoms. The van der Waals surface area contributed by atoms with Crippen molar-refractivity contribution >= 4 is 5.69 Å². The Morgan fingerprint density at radius 1 is 0.947 bits per heavy atom. The van der Waals surface area contributed by atoms with Crippen LogP contribution in [0.25, 0.3) is 0 Å². The van der Waals surface area contributed by atoms with Gasteiger partial charge in [0.15, 0.2) is 0 Å². The van der Waals surface area contributed by atoms with Gasteiger partial charge in [-0.25, -0.2) is 0 Å². The molecule has 0 heterocycles. The molecule has 1 aromatic rings. The zero-order chi connectivity index (χ0) is 12.9. The van der Waals surface area contributed by atoms with E-state index in [1.807, 2.05) is 0 Å². The molecule has 0 saturated heterocycles. The number of hydrogen-bond acceptors (Lipinski definition) is 1. The predicted octanol–water partition coefficient (Wildman–Crippen LogP) is 4.95. The Morgan fingerprint density at radius 2 is 1.79 bits per heavy atom. The van der Waals surface area contributed by atoms with Gasteiger partial charge in [0.2, 0.25) is 0 Å². The molecule has 2 aliphatic carbocycles. The summed E-state index contributed by atoms with van der Waals surface area (Å²) in [6.45, 7) is 1.17. The Labute approximate surface area is 117 Å². The number of benzene rings is 1. The zero-order valence-corrected chi connectivity index (χ0v) is 12.1. The third kappa shape index (κ3) is 3.32. The maximum atomic E-state index is 3.72. The number of fused-ring (bicyclic) bond motifs is 1. The van der Waals surface area contributed by atoms with Crippen molar-refractivity contribution < 1.29 is 0 Å². The Hall–Kier alpha value is -0.980. The normalized spacial score (nSPS) is 20.0. The highest BCUT2D eigenvalue weighted by molar-refractivity contribution is 5.55. The minimum atomic E-state index is 0.987. The fourth-order valence-corrected chi connectivity index (χ4v) is 3.83. The molecular weight excluding hydrogens is 230 g/mol. The van der Waals surface area contributed by atoms with E-state index in [1.165, 1.54) is 76.4 Å². The summed E-state index contributed by atoms with van der Waals surface area (Å²) in [6, 6.07) is 6.83. The van der Waals surface area contributed by atoms with Crippen LogP contribution in [0.4, 0.5) is 5.69 Å². The summed E-state index contributed by atoms with van der Waals surface area (Å²) in [5.41, 5.74) is 4.62. The van der Waals surface area contributed by atoms with Gasteiger partial charge >= 0.3 is 0 Å². The first-order valence-electron chi connectivity index (χ1n) is 8.28. The molecule has 1 fully saturated rings. The molecule has 3 rings (SSSR count). The smallest absolute Gasteiger partial charge is 0.0375 e. The minimum absolute atomic E-state index is 0.987. The van der Waals surface area contributed by atoms with E-state index in [2.05, 4.69) is 23.5 Å². The van der Waals surface area contributed by atoms with E-state index in [9.17, 15) is 0 Å². The standard InChI is InChI=1S/C18H27N/c1-2-7-15(8-3-1)13-14-19-18-12-6-10-16-9-4-5-11-17(16)18/h6,10,12,15,19H,1-5,7-9,11,13-14H2. The van der Waals surface area contributed by atoms with Gasteiger partial charge in [-0.05, 0) is 55.2 Å². The number of aryl methyl sites for hydroxylation is 1. The van der Waals surface area contributed by atoms with E-state index in [1.54, 1.807) is 11.1 Å². The first-order chi connectivity index (χ1) is 9.43. The lowest BCUT2D eigenvalue weighted by atomic mass is 9.87. The molecule has 0 amide bonds. The molecule has 0 aliphatic heterocycles. The van der Waals surface area contributed by atoms with Crippen molar-refractivity contribution in [3.63, 3.8) is 0 Å². The van der Waals surface area contributed by atoms with E-state index >= 15 is 0 Å². The average Bonchev–Trinajstić information content (AvgIpc) is 2.49. The lowest BCUT2D eigenvalue weighted by molar-refractivity contribution is 0.345. The highest BCUT2D eigenvalue weighted by Crippen LogP contribution is 2.29. The molecule has 2 aliphatic rings. The van der Waals surface area contributed by atoms with E-state index in [-0.39, 0.29) is 0 Å². The molecule has 104 valence electrons. The molecular formula is C18H27N. The maximum Gasteiger partial charge on any atom is 0.0375 e. The highest BCUT2D eigenvalue weighted by Gasteiger charge is 2.14. The van der Waals surface area contributed by atoms with Crippen LogP contribution in [-0.2, 0) is 12.8 Å². The van der Waals surface area contributed by atoms with Gasteiger partial charge in [-0.3, -0.25) is 0 Å². The van der Waals surface area contributed by atoms with E-state index in [0.29, 0.717) is 0 Å². The molecule has 0 unspecified atom stereocenters. The predicted molar refractivity (Wildman–Crippen MR) is 82.8 cm³/mol. The van der Waals surface area contributed by atoms with Crippen molar-refractivity contribution in [2.45, 2.75) is 64.2 Å². The van der Waals surface area contributed by atoms with Gasteiger partial charge in [0.25, 0.3) is 0 Å². The van der Waals surface area contributed by atoms with Crippen LogP contribution in [0, 0.1) is 5.92 Å². The summed E-state index contributed by atoms with van der Waals surface area (Å²) in [5.74, 6) is 0.987. The summed E-state index contributed by atoms with van der Waals surface area (Å²) in [6.07, 6.45) is 14.0. The van der Waals surface area contributed by atoms with Crippen molar-refractivity contribution in [2.24, 2.45) is 5.92 Å². The van der Waals surface area contributed by atoms with E-state index < -0.39 is 0 Å². The number of rotatable bonds is 4. The Balaban J connectivity index is 1.54. The van der Waals surface area contributed by atoms with Gasteiger partial charge in [0.1, 0.15) is 0 Å². The van der Waals surface area contributed by atoms with Crippen molar-refractivity contribution in [3.05, 3.63) is 29.3 Å². The third-order valence-corrected chi connectivity index (χ3v) is 4.99. The molecule has 1 aromatic carbocycles. The molecule has 1 saturated carbocycles. The van der Waals surface area contributed by atoms with Gasteiger partial charge in [-0.15, -0.1) is 0 Å². The van der Waals surface area contributed by atoms with Crippen LogP contribution in [-0.4, -0.2) is 6.54 Å². The molecule has 1 nitrogen and oxygen atoms in total. The van der Waals surface area contributed by atoms with Gasteiger partial charge in [-0.2, -0.15) is 0 Å². The maximum absolute atomic E-state index is 3.72. The minimum Gasteiger partial charge on any atom is -0.385 e. The van der Waals surface area contributed by atoms with Crippen molar-refractivity contribution in [1.82, 2.24) is 0 Å². The zero-order valence-electron chi connectivity index (χ0n) is 12.1. The van der Waals surface area contributed by atoms with Crippen LogP contribution >= 0.6 is 0 Å². The van der Waals surface area contributed by atoms with Crippen molar-refractivity contribution in [1.29, 1.82) is 0 Å². The summed E-state index contributed by atoms with van der Waals surface area (Å²) < 4.78 is 0. The average molecular weight is 257 g/mol. The van der Waals surface area contributed by atoms with Gasteiger partial charge < -0.3 is 5.32 Å². The third-order valence-electron chi connectivity index (χ3n) is 4.99. The van der Waals surface area contributed by atoms with E-state index in [0.717, 1.165) is 5.92 Å². The monoisotopic (exact) mass is 257 g/mol. The Kier molecular flexibility index (Phi) is 4.42. The second-order valence-corrected chi connectivity index (χ2v) is 6.37. The van der Waals surface area contributed by atoms with Crippen LogP contribution in [0.1, 0.15) is 62.5 Å². The summed E-state index contributed by atoms with van der Waals surface area (Å²) in [4.78, 5) is 0. The molecule has 0 atom stereocenters. The number of anilines is 1.